The molecule has 2 N–H and O–H groups in total. The Kier molecular flexibility index (Phi) is 4.13. The molecule has 0 fully saturated rings. The van der Waals surface area contributed by atoms with Gasteiger partial charge in [0.15, 0.2) is 0 Å². The second-order valence-corrected chi connectivity index (χ2v) is 7.72. The number of phenols is 1. The summed E-state index contributed by atoms with van der Waals surface area (Å²) in [5.74, 6) is 2.04. The highest BCUT2D eigenvalue weighted by Crippen LogP contribution is 2.41. The summed E-state index contributed by atoms with van der Waals surface area (Å²) in [5, 5.41) is 16.9. The Labute approximate surface area is 166 Å². The second-order valence-electron chi connectivity index (χ2n) is 6.86. The summed E-state index contributed by atoms with van der Waals surface area (Å²) in [6.45, 7) is 0. The van der Waals surface area contributed by atoms with Crippen LogP contribution in [0, 0.1) is 0 Å². The predicted octanol–water partition coefficient (Wildman–Crippen LogP) is 5.17. The van der Waals surface area contributed by atoms with Gasteiger partial charge in [0.2, 0.25) is 0 Å². The van der Waals surface area contributed by atoms with Crippen molar-refractivity contribution in [2.75, 3.05) is 12.4 Å². The maximum absolute atomic E-state index is 10.1. The van der Waals surface area contributed by atoms with Crippen LogP contribution in [0.4, 0.5) is 5.82 Å². The maximum Gasteiger partial charge on any atom is 0.139 e. The van der Waals surface area contributed by atoms with Crippen LogP contribution in [0.15, 0.2) is 54.2 Å². The Morgan fingerprint density at radius 1 is 1.14 bits per heavy atom. The van der Waals surface area contributed by atoms with Crippen molar-refractivity contribution in [2.24, 2.45) is 0 Å². The van der Waals surface area contributed by atoms with Crippen molar-refractivity contribution in [1.29, 1.82) is 0 Å². The first kappa shape index (κ1) is 17.0. The number of fused-ring (bicyclic) bond motifs is 2. The number of rotatable bonds is 4. The van der Waals surface area contributed by atoms with Crippen LogP contribution in [0.3, 0.4) is 0 Å². The molecule has 0 saturated carbocycles. The van der Waals surface area contributed by atoms with Gasteiger partial charge in [-0.15, -0.1) is 11.3 Å². The first-order valence-electron chi connectivity index (χ1n) is 9.18. The van der Waals surface area contributed by atoms with E-state index in [1.165, 1.54) is 0 Å². The standard InChI is InChI=1S/C22H19N3O2S/c1-27-14-7-5-13(6-8-14)17-11-28-22-20(17)21(23-12-24-22)25-18-10-9-16-15(18)3-2-4-19(16)26/h2-8,11-12,18,26H,9-10H2,1H3,(H,23,24,25)/t18-/m1/s1. The predicted molar refractivity (Wildman–Crippen MR) is 112 cm³/mol. The third kappa shape index (κ3) is 2.77. The van der Waals surface area contributed by atoms with E-state index < -0.39 is 0 Å². The molecule has 1 aliphatic carbocycles. The molecule has 140 valence electrons. The molecule has 28 heavy (non-hydrogen) atoms. The number of phenolic OH excluding ortho intramolecular Hbond substituents is 1. The van der Waals surface area contributed by atoms with Crippen molar-refractivity contribution in [2.45, 2.75) is 18.9 Å². The average Bonchev–Trinajstić information content (AvgIpc) is 3.34. The molecule has 2 aromatic heterocycles. The number of thiophene rings is 1. The van der Waals surface area contributed by atoms with E-state index in [0.29, 0.717) is 5.75 Å². The summed E-state index contributed by atoms with van der Waals surface area (Å²) in [5.41, 5.74) is 4.40. The number of benzene rings is 2. The molecule has 1 atom stereocenters. The lowest BCUT2D eigenvalue weighted by Crippen LogP contribution is -2.09. The molecule has 0 bridgehead atoms. The van der Waals surface area contributed by atoms with E-state index >= 15 is 0 Å². The molecule has 0 unspecified atom stereocenters. The molecule has 0 radical (unpaired) electrons. The minimum atomic E-state index is 0.129. The number of methoxy groups -OCH3 is 1. The normalized spacial score (nSPS) is 15.5. The summed E-state index contributed by atoms with van der Waals surface area (Å²) in [7, 11) is 1.67. The minimum Gasteiger partial charge on any atom is -0.508 e. The van der Waals surface area contributed by atoms with Crippen LogP contribution in [0.1, 0.15) is 23.6 Å². The fourth-order valence-electron chi connectivity index (χ4n) is 3.92. The van der Waals surface area contributed by atoms with E-state index in [1.54, 1.807) is 30.8 Å². The Morgan fingerprint density at radius 2 is 2.00 bits per heavy atom. The third-order valence-corrected chi connectivity index (χ3v) is 6.21. The second kappa shape index (κ2) is 6.80. The SMILES string of the molecule is COc1ccc(-c2csc3ncnc(N[C@@H]4CCc5c(O)cccc54)c23)cc1. The number of hydrogen-bond donors (Lipinski definition) is 2. The zero-order valence-electron chi connectivity index (χ0n) is 15.3. The van der Waals surface area contributed by atoms with Crippen LogP contribution >= 0.6 is 11.3 Å². The zero-order valence-corrected chi connectivity index (χ0v) is 16.2. The van der Waals surface area contributed by atoms with E-state index in [9.17, 15) is 5.11 Å². The van der Waals surface area contributed by atoms with E-state index in [2.05, 4.69) is 38.9 Å². The Morgan fingerprint density at radius 3 is 2.82 bits per heavy atom. The minimum absolute atomic E-state index is 0.129. The highest BCUT2D eigenvalue weighted by Gasteiger charge is 2.26. The molecule has 5 rings (SSSR count). The summed E-state index contributed by atoms with van der Waals surface area (Å²) in [4.78, 5) is 9.97. The number of aromatic nitrogens is 2. The summed E-state index contributed by atoms with van der Waals surface area (Å²) < 4.78 is 5.27. The van der Waals surface area contributed by atoms with Gasteiger partial charge in [-0.1, -0.05) is 24.3 Å². The van der Waals surface area contributed by atoms with Crippen LogP contribution in [-0.2, 0) is 6.42 Å². The molecule has 2 heterocycles. The lowest BCUT2D eigenvalue weighted by molar-refractivity contribution is 0.415. The molecule has 6 heteroatoms. The van der Waals surface area contributed by atoms with Gasteiger partial charge in [0.25, 0.3) is 0 Å². The molecule has 0 saturated heterocycles. The van der Waals surface area contributed by atoms with Crippen molar-refractivity contribution in [3.63, 3.8) is 0 Å². The van der Waals surface area contributed by atoms with Crippen LogP contribution in [0.5, 0.6) is 11.5 Å². The van der Waals surface area contributed by atoms with E-state index in [4.69, 9.17) is 4.74 Å². The van der Waals surface area contributed by atoms with Crippen LogP contribution in [-0.4, -0.2) is 22.2 Å². The summed E-state index contributed by atoms with van der Waals surface area (Å²) in [6, 6.07) is 13.9. The Balaban J connectivity index is 1.56. The highest BCUT2D eigenvalue weighted by molar-refractivity contribution is 7.17. The van der Waals surface area contributed by atoms with Crippen LogP contribution in [0.25, 0.3) is 21.3 Å². The van der Waals surface area contributed by atoms with Gasteiger partial charge in [0.05, 0.1) is 18.5 Å². The first-order valence-corrected chi connectivity index (χ1v) is 10.1. The van der Waals surface area contributed by atoms with Crippen molar-refractivity contribution in [3.05, 3.63) is 65.3 Å². The molecule has 2 aromatic carbocycles. The average molecular weight is 389 g/mol. The van der Waals surface area contributed by atoms with E-state index in [1.807, 2.05) is 18.2 Å². The zero-order chi connectivity index (χ0) is 19.1. The monoisotopic (exact) mass is 389 g/mol. The fourth-order valence-corrected chi connectivity index (χ4v) is 4.83. The molecule has 1 aliphatic rings. The van der Waals surface area contributed by atoms with Gasteiger partial charge in [0.1, 0.15) is 28.5 Å². The molecule has 4 aromatic rings. The number of nitrogens with one attached hydrogen (secondary N) is 1. The number of ether oxygens (including phenoxy) is 1. The lowest BCUT2D eigenvalue weighted by atomic mass is 10.0. The van der Waals surface area contributed by atoms with Gasteiger partial charge >= 0.3 is 0 Å². The fraction of sp³-hybridized carbons (Fsp3) is 0.182. The summed E-state index contributed by atoms with van der Waals surface area (Å²) in [6.07, 6.45) is 3.40. The molecular formula is C22H19N3O2S. The maximum atomic E-state index is 10.1. The number of anilines is 1. The van der Waals surface area contributed by atoms with Gasteiger partial charge in [-0.2, -0.15) is 0 Å². The number of nitrogens with zero attached hydrogens (tertiary/aromatic N) is 2. The number of hydrogen-bond acceptors (Lipinski definition) is 6. The quantitative estimate of drug-likeness (QED) is 0.504. The topological polar surface area (TPSA) is 67.3 Å². The molecule has 0 spiro atoms. The van der Waals surface area contributed by atoms with Crippen molar-refractivity contribution in [3.8, 4) is 22.6 Å². The van der Waals surface area contributed by atoms with Crippen molar-refractivity contribution in [1.82, 2.24) is 9.97 Å². The van der Waals surface area contributed by atoms with Gasteiger partial charge in [0, 0.05) is 10.9 Å². The van der Waals surface area contributed by atoms with Gasteiger partial charge < -0.3 is 15.2 Å². The molecule has 0 aliphatic heterocycles. The molecule has 0 amide bonds. The van der Waals surface area contributed by atoms with Gasteiger partial charge in [-0.25, -0.2) is 9.97 Å². The number of aromatic hydroxyl groups is 1. The van der Waals surface area contributed by atoms with Crippen LogP contribution in [0.2, 0.25) is 0 Å². The van der Waals surface area contributed by atoms with Crippen LogP contribution < -0.4 is 10.1 Å². The smallest absolute Gasteiger partial charge is 0.139 e. The Bertz CT molecular complexity index is 1150. The van der Waals surface area contributed by atoms with E-state index in [-0.39, 0.29) is 6.04 Å². The lowest BCUT2D eigenvalue weighted by Gasteiger charge is -2.16. The molecular weight excluding hydrogens is 370 g/mol. The highest BCUT2D eigenvalue weighted by atomic mass is 32.1. The largest absolute Gasteiger partial charge is 0.508 e. The van der Waals surface area contributed by atoms with Gasteiger partial charge in [-0.3, -0.25) is 0 Å². The van der Waals surface area contributed by atoms with Gasteiger partial charge in [-0.05, 0) is 47.7 Å². The third-order valence-electron chi connectivity index (χ3n) is 5.33. The Hall–Kier alpha value is -3.12. The van der Waals surface area contributed by atoms with E-state index in [0.717, 1.165) is 56.9 Å². The summed E-state index contributed by atoms with van der Waals surface area (Å²) >= 11 is 1.62. The molecule has 5 nitrogen and oxygen atoms in total. The van der Waals surface area contributed by atoms with Crippen molar-refractivity contribution < 1.29 is 9.84 Å². The van der Waals surface area contributed by atoms with Crippen molar-refractivity contribution >= 4 is 27.4 Å². The first-order chi connectivity index (χ1) is 13.7.